The quantitative estimate of drug-likeness (QED) is 0.876. The van der Waals surface area contributed by atoms with Crippen LogP contribution >= 0.6 is 31.9 Å². The fourth-order valence-corrected chi connectivity index (χ4v) is 3.61. The van der Waals surface area contributed by atoms with E-state index in [-0.39, 0.29) is 0 Å². The molecule has 94 valence electrons. The van der Waals surface area contributed by atoms with Gasteiger partial charge in [0.2, 0.25) is 0 Å². The Hall–Kier alpha value is 0.1000. The van der Waals surface area contributed by atoms with E-state index in [1.807, 2.05) is 0 Å². The third-order valence-electron chi connectivity index (χ3n) is 3.16. The third kappa shape index (κ3) is 3.31. The first kappa shape index (κ1) is 13.5. The van der Waals surface area contributed by atoms with Gasteiger partial charge in [0, 0.05) is 27.5 Å². The highest BCUT2D eigenvalue weighted by Crippen LogP contribution is 2.34. The van der Waals surface area contributed by atoms with Crippen molar-refractivity contribution in [1.29, 1.82) is 0 Å². The van der Waals surface area contributed by atoms with Gasteiger partial charge in [-0.15, -0.1) is 0 Å². The lowest BCUT2D eigenvalue weighted by molar-refractivity contribution is 0.177. The molecule has 17 heavy (non-hydrogen) atoms. The number of hydrogen-bond donors (Lipinski definition) is 1. The highest BCUT2D eigenvalue weighted by Gasteiger charge is 2.27. The highest BCUT2D eigenvalue weighted by molar-refractivity contribution is 9.11. The van der Waals surface area contributed by atoms with Crippen molar-refractivity contribution in [2.45, 2.75) is 19.4 Å². The van der Waals surface area contributed by atoms with Crippen LogP contribution < -0.4 is 5.32 Å². The van der Waals surface area contributed by atoms with Gasteiger partial charge in [0.1, 0.15) is 0 Å². The smallest absolute Gasteiger partial charge is 0.0513 e. The van der Waals surface area contributed by atoms with Crippen LogP contribution in [0.3, 0.4) is 0 Å². The summed E-state index contributed by atoms with van der Waals surface area (Å²) in [7, 11) is 0. The Morgan fingerprint density at radius 1 is 1.47 bits per heavy atom. The van der Waals surface area contributed by atoms with Gasteiger partial charge < -0.3 is 10.1 Å². The molecule has 1 fully saturated rings. The number of benzene rings is 1. The maximum absolute atomic E-state index is 5.50. The summed E-state index contributed by atoms with van der Waals surface area (Å²) >= 11 is 7.15. The summed E-state index contributed by atoms with van der Waals surface area (Å²) in [6.07, 6.45) is 1.14. The summed E-state index contributed by atoms with van der Waals surface area (Å²) in [5.74, 6) is 0.576. The maximum Gasteiger partial charge on any atom is 0.0513 e. The van der Waals surface area contributed by atoms with Crippen LogP contribution in [0.1, 0.15) is 24.9 Å². The maximum atomic E-state index is 5.50. The Labute approximate surface area is 119 Å². The SMILES string of the molecule is CCNC(c1ccc(Br)cc1Br)C1CCOC1. The van der Waals surface area contributed by atoms with Gasteiger partial charge in [-0.25, -0.2) is 0 Å². The second-order valence-electron chi connectivity index (χ2n) is 4.32. The zero-order valence-electron chi connectivity index (χ0n) is 9.88. The van der Waals surface area contributed by atoms with Crippen LogP contribution in [0, 0.1) is 5.92 Å². The molecule has 1 aromatic carbocycles. The predicted octanol–water partition coefficient (Wildman–Crippen LogP) is 3.90. The van der Waals surface area contributed by atoms with Gasteiger partial charge in [-0.2, -0.15) is 0 Å². The molecule has 1 aliphatic rings. The lowest BCUT2D eigenvalue weighted by Crippen LogP contribution is -2.28. The zero-order valence-corrected chi connectivity index (χ0v) is 13.1. The van der Waals surface area contributed by atoms with Crippen LogP contribution in [0.2, 0.25) is 0 Å². The van der Waals surface area contributed by atoms with Gasteiger partial charge in [0.15, 0.2) is 0 Å². The van der Waals surface area contributed by atoms with E-state index in [2.05, 4.69) is 62.3 Å². The molecule has 2 unspecified atom stereocenters. The molecule has 0 aliphatic carbocycles. The average molecular weight is 363 g/mol. The van der Waals surface area contributed by atoms with Gasteiger partial charge in [0.25, 0.3) is 0 Å². The van der Waals surface area contributed by atoms with Crippen molar-refractivity contribution in [1.82, 2.24) is 5.32 Å². The lowest BCUT2D eigenvalue weighted by Gasteiger charge is -2.25. The number of hydrogen-bond acceptors (Lipinski definition) is 2. The van der Waals surface area contributed by atoms with Gasteiger partial charge in [0.05, 0.1) is 6.61 Å². The monoisotopic (exact) mass is 361 g/mol. The van der Waals surface area contributed by atoms with Gasteiger partial charge in [-0.1, -0.05) is 44.8 Å². The fourth-order valence-electron chi connectivity index (χ4n) is 2.32. The first-order valence-corrected chi connectivity index (χ1v) is 7.57. The van der Waals surface area contributed by atoms with E-state index in [0.717, 1.165) is 35.1 Å². The molecule has 0 saturated carbocycles. The minimum atomic E-state index is 0.380. The van der Waals surface area contributed by atoms with Crippen molar-refractivity contribution < 1.29 is 4.74 Å². The molecule has 0 bridgehead atoms. The zero-order chi connectivity index (χ0) is 12.3. The predicted molar refractivity (Wildman–Crippen MR) is 77.2 cm³/mol. The van der Waals surface area contributed by atoms with Crippen LogP contribution in [0.15, 0.2) is 27.1 Å². The molecule has 1 N–H and O–H groups in total. The number of nitrogens with one attached hydrogen (secondary N) is 1. The first-order valence-electron chi connectivity index (χ1n) is 5.98. The van der Waals surface area contributed by atoms with Crippen molar-refractivity contribution in [3.05, 3.63) is 32.7 Å². The average Bonchev–Trinajstić information content (AvgIpc) is 2.80. The normalized spacial score (nSPS) is 21.7. The Bertz CT molecular complexity index is 378. The Kier molecular flexibility index (Phi) is 5.03. The van der Waals surface area contributed by atoms with Gasteiger partial charge in [-0.05, 0) is 30.7 Å². The van der Waals surface area contributed by atoms with E-state index in [9.17, 15) is 0 Å². The molecular weight excluding hydrogens is 346 g/mol. The van der Waals surface area contributed by atoms with Crippen LogP contribution in [0.5, 0.6) is 0 Å². The Morgan fingerprint density at radius 3 is 2.88 bits per heavy atom. The number of rotatable bonds is 4. The standard InChI is InChI=1S/C13H17Br2NO/c1-2-16-13(9-5-6-17-8-9)11-4-3-10(14)7-12(11)15/h3-4,7,9,13,16H,2,5-6,8H2,1H3. The van der Waals surface area contributed by atoms with Gasteiger partial charge in [-0.3, -0.25) is 0 Å². The largest absolute Gasteiger partial charge is 0.381 e. The van der Waals surface area contributed by atoms with Crippen LogP contribution in [0.4, 0.5) is 0 Å². The lowest BCUT2D eigenvalue weighted by atomic mass is 9.92. The topological polar surface area (TPSA) is 21.3 Å². The van der Waals surface area contributed by atoms with Crippen LogP contribution in [-0.2, 0) is 4.74 Å². The molecule has 1 heterocycles. The van der Waals surface area contributed by atoms with Crippen molar-refractivity contribution >= 4 is 31.9 Å². The van der Waals surface area contributed by atoms with E-state index >= 15 is 0 Å². The molecule has 1 aliphatic heterocycles. The molecule has 1 aromatic rings. The summed E-state index contributed by atoms with van der Waals surface area (Å²) < 4.78 is 7.76. The van der Waals surface area contributed by atoms with Gasteiger partial charge >= 0.3 is 0 Å². The molecule has 0 aromatic heterocycles. The molecule has 2 nitrogen and oxygen atoms in total. The third-order valence-corrected chi connectivity index (χ3v) is 4.34. The molecule has 0 amide bonds. The second-order valence-corrected chi connectivity index (χ2v) is 6.09. The molecule has 1 saturated heterocycles. The number of halogens is 2. The highest BCUT2D eigenvalue weighted by atomic mass is 79.9. The summed E-state index contributed by atoms with van der Waals surface area (Å²) in [4.78, 5) is 0. The molecule has 4 heteroatoms. The van der Waals surface area contributed by atoms with E-state index in [1.54, 1.807) is 0 Å². The van der Waals surface area contributed by atoms with E-state index in [4.69, 9.17) is 4.74 Å². The van der Waals surface area contributed by atoms with Crippen molar-refractivity contribution in [3.8, 4) is 0 Å². The fraction of sp³-hybridized carbons (Fsp3) is 0.538. The number of ether oxygens (including phenoxy) is 1. The Morgan fingerprint density at radius 2 is 2.29 bits per heavy atom. The summed E-state index contributed by atoms with van der Waals surface area (Å²) in [5, 5.41) is 3.58. The van der Waals surface area contributed by atoms with Crippen molar-refractivity contribution in [2.75, 3.05) is 19.8 Å². The molecular formula is C13H17Br2NO. The second kappa shape index (κ2) is 6.32. The molecule has 0 spiro atoms. The summed E-state index contributed by atoms with van der Waals surface area (Å²) in [6, 6.07) is 6.76. The summed E-state index contributed by atoms with van der Waals surface area (Å²) in [5.41, 5.74) is 1.32. The van der Waals surface area contributed by atoms with Crippen molar-refractivity contribution in [2.24, 2.45) is 5.92 Å². The minimum Gasteiger partial charge on any atom is -0.381 e. The van der Waals surface area contributed by atoms with Crippen molar-refractivity contribution in [3.63, 3.8) is 0 Å². The van der Waals surface area contributed by atoms with E-state index < -0.39 is 0 Å². The summed E-state index contributed by atoms with van der Waals surface area (Å²) in [6.45, 7) is 4.88. The van der Waals surface area contributed by atoms with Crippen LogP contribution in [-0.4, -0.2) is 19.8 Å². The molecule has 2 atom stereocenters. The first-order chi connectivity index (χ1) is 8.22. The molecule has 0 radical (unpaired) electrons. The van der Waals surface area contributed by atoms with E-state index in [1.165, 1.54) is 5.56 Å². The minimum absolute atomic E-state index is 0.380. The van der Waals surface area contributed by atoms with E-state index in [0.29, 0.717) is 12.0 Å². The molecule has 2 rings (SSSR count). The Balaban J connectivity index is 2.24. The van der Waals surface area contributed by atoms with Crippen LogP contribution in [0.25, 0.3) is 0 Å².